The van der Waals surface area contributed by atoms with Crippen LogP contribution in [0.5, 0.6) is 0 Å². The summed E-state index contributed by atoms with van der Waals surface area (Å²) in [5.74, 6) is -2.30. The molecule has 0 saturated carbocycles. The van der Waals surface area contributed by atoms with Crippen LogP contribution in [0.3, 0.4) is 0 Å². The molecule has 0 bridgehead atoms. The van der Waals surface area contributed by atoms with Crippen molar-refractivity contribution in [2.45, 2.75) is 77.7 Å². The molecule has 0 radical (unpaired) electrons. The average molecular weight is 655 g/mol. The van der Waals surface area contributed by atoms with Gasteiger partial charge in [0.15, 0.2) is 0 Å². The molecule has 0 spiro atoms. The maximum absolute atomic E-state index is 15.4. The van der Waals surface area contributed by atoms with E-state index in [9.17, 15) is 19.5 Å². The Bertz CT molecular complexity index is 1570. The first-order valence-electron chi connectivity index (χ1n) is 15.3. The fraction of sp³-hybridized carbons (Fsp3) is 0.469. The number of hydrogen-bond donors (Lipinski definition) is 3. The lowest BCUT2D eigenvalue weighted by molar-refractivity contribution is 0.0499. The van der Waals surface area contributed by atoms with Gasteiger partial charge in [0, 0.05) is 51.8 Å². The summed E-state index contributed by atoms with van der Waals surface area (Å²) in [5, 5.41) is 15.1. The third-order valence-corrected chi connectivity index (χ3v) is 8.88. The van der Waals surface area contributed by atoms with E-state index < -0.39 is 37.5 Å². The molecule has 0 aliphatic carbocycles. The zero-order valence-corrected chi connectivity index (χ0v) is 28.2. The van der Waals surface area contributed by atoms with Crippen molar-refractivity contribution in [3.63, 3.8) is 0 Å². The molecule has 1 aromatic carbocycles. The largest absolute Gasteiger partial charge is 0.477 e. The molecule has 12 nitrogen and oxygen atoms in total. The number of benzene rings is 1. The SMILES string of the molecule is CC(C)(C)OC(=O)NC1CCCN(c2c(F)cccc2NC(=O)c2nc(-c3ccnc(C(=O)O)c3)cn2COCC[Si](C)(C)C)C1. The zero-order chi connectivity index (χ0) is 33.6. The van der Waals surface area contributed by atoms with Crippen LogP contribution in [0.4, 0.5) is 20.6 Å². The number of pyridine rings is 1. The van der Waals surface area contributed by atoms with Gasteiger partial charge in [0.1, 0.15) is 23.8 Å². The zero-order valence-electron chi connectivity index (χ0n) is 27.2. The van der Waals surface area contributed by atoms with E-state index in [1.54, 1.807) is 48.6 Å². The number of anilines is 2. The Labute approximate surface area is 269 Å². The van der Waals surface area contributed by atoms with E-state index in [-0.39, 0.29) is 35.7 Å². The molecule has 1 aliphatic rings. The molecule has 3 heterocycles. The average Bonchev–Trinajstić information content (AvgIpc) is 3.38. The number of nitrogens with one attached hydrogen (secondary N) is 2. The summed E-state index contributed by atoms with van der Waals surface area (Å²) in [7, 11) is -1.36. The predicted octanol–water partition coefficient (Wildman–Crippen LogP) is 5.84. The van der Waals surface area contributed by atoms with Crippen LogP contribution in [0.25, 0.3) is 11.3 Å². The summed E-state index contributed by atoms with van der Waals surface area (Å²) in [5.41, 5.74) is 0.463. The molecule has 2 aromatic heterocycles. The summed E-state index contributed by atoms with van der Waals surface area (Å²) < 4.78 is 28.3. The number of nitrogens with zero attached hydrogens (tertiary/aromatic N) is 4. The maximum atomic E-state index is 15.4. The highest BCUT2D eigenvalue weighted by Gasteiger charge is 2.28. The Morgan fingerprint density at radius 1 is 1.17 bits per heavy atom. The number of rotatable bonds is 11. The molecule has 2 amide bonds. The maximum Gasteiger partial charge on any atom is 0.407 e. The lowest BCUT2D eigenvalue weighted by atomic mass is 10.0. The van der Waals surface area contributed by atoms with E-state index in [2.05, 4.69) is 40.2 Å². The predicted molar refractivity (Wildman–Crippen MR) is 175 cm³/mol. The van der Waals surface area contributed by atoms with Gasteiger partial charge in [-0.05, 0) is 63.9 Å². The van der Waals surface area contributed by atoms with Crippen molar-refractivity contribution in [3.05, 3.63) is 60.1 Å². The van der Waals surface area contributed by atoms with Gasteiger partial charge < -0.3 is 34.7 Å². The van der Waals surface area contributed by atoms with Crippen LogP contribution in [0.2, 0.25) is 25.7 Å². The van der Waals surface area contributed by atoms with Crippen LogP contribution in [-0.2, 0) is 16.2 Å². The van der Waals surface area contributed by atoms with Gasteiger partial charge in [0.25, 0.3) is 5.91 Å². The van der Waals surface area contributed by atoms with Gasteiger partial charge >= 0.3 is 12.1 Å². The standard InChI is InChI=1S/C32H43FN6O6Si/c1-32(2,3)45-31(43)35-22-9-8-14-38(18-22)27-23(33)10-7-11-24(27)37-29(40)28-36-26(21-12-13-34-25(17-21)30(41)42)19-39(28)20-44-15-16-46(4,5)6/h7,10-13,17,19,22H,8-9,14-16,18,20H2,1-6H3,(H,35,43)(H,37,40)(H,41,42). The van der Waals surface area contributed by atoms with Gasteiger partial charge in [-0.2, -0.15) is 0 Å². The minimum absolute atomic E-state index is 0.00927. The van der Waals surface area contributed by atoms with Gasteiger partial charge in [-0.1, -0.05) is 25.7 Å². The Hall–Kier alpha value is -4.30. The highest BCUT2D eigenvalue weighted by molar-refractivity contribution is 6.76. The van der Waals surface area contributed by atoms with Gasteiger partial charge in [-0.3, -0.25) is 4.79 Å². The molecule has 248 valence electrons. The number of piperidine rings is 1. The first-order chi connectivity index (χ1) is 21.6. The Morgan fingerprint density at radius 3 is 2.63 bits per heavy atom. The lowest BCUT2D eigenvalue weighted by Crippen LogP contribution is -2.49. The Balaban J connectivity index is 1.59. The molecule has 3 aromatic rings. The molecule has 1 saturated heterocycles. The highest BCUT2D eigenvalue weighted by atomic mass is 28.3. The summed E-state index contributed by atoms with van der Waals surface area (Å²) >= 11 is 0. The lowest BCUT2D eigenvalue weighted by Gasteiger charge is -2.36. The number of carbonyl (C=O) groups excluding carboxylic acids is 2. The molecule has 1 unspecified atom stereocenters. The van der Waals surface area contributed by atoms with Crippen molar-refractivity contribution in [2.75, 3.05) is 29.9 Å². The van der Waals surface area contributed by atoms with Crippen molar-refractivity contribution in [1.82, 2.24) is 19.9 Å². The van der Waals surface area contributed by atoms with E-state index in [4.69, 9.17) is 9.47 Å². The topological polar surface area (TPSA) is 148 Å². The van der Waals surface area contributed by atoms with Gasteiger partial charge in [0.2, 0.25) is 5.82 Å². The number of para-hydroxylation sites is 1. The molecule has 14 heteroatoms. The van der Waals surface area contributed by atoms with Crippen molar-refractivity contribution < 1.29 is 33.4 Å². The monoisotopic (exact) mass is 654 g/mol. The van der Waals surface area contributed by atoms with Crippen molar-refractivity contribution in [3.8, 4) is 11.3 Å². The highest BCUT2D eigenvalue weighted by Crippen LogP contribution is 2.32. The second-order valence-electron chi connectivity index (χ2n) is 13.5. The molecule has 1 fully saturated rings. The quantitative estimate of drug-likeness (QED) is 0.171. The summed E-state index contributed by atoms with van der Waals surface area (Å²) in [6, 6.07) is 8.08. The fourth-order valence-corrected chi connectivity index (χ4v) is 5.73. The molecular formula is C32H43FN6O6Si. The minimum atomic E-state index is -1.36. The first kappa shape index (κ1) is 34.6. The van der Waals surface area contributed by atoms with Crippen LogP contribution >= 0.6 is 0 Å². The fourth-order valence-electron chi connectivity index (χ4n) is 4.97. The molecule has 1 atom stereocenters. The number of carboxylic acid groups (broad SMARTS) is 1. The number of aromatic nitrogens is 3. The van der Waals surface area contributed by atoms with Gasteiger partial charge in [-0.15, -0.1) is 0 Å². The number of hydrogen-bond acceptors (Lipinski definition) is 8. The molecule has 3 N–H and O–H groups in total. The number of halogens is 1. The number of aromatic carboxylic acids is 1. The smallest absolute Gasteiger partial charge is 0.407 e. The van der Waals surface area contributed by atoms with Crippen molar-refractivity contribution in [2.24, 2.45) is 0 Å². The van der Waals surface area contributed by atoms with Crippen LogP contribution in [0, 0.1) is 5.82 Å². The number of carbonyl (C=O) groups is 3. The summed E-state index contributed by atoms with van der Waals surface area (Å²) in [6.07, 6.45) is 3.83. The first-order valence-corrected chi connectivity index (χ1v) is 19.0. The molecule has 4 rings (SSSR count). The number of ether oxygens (including phenoxy) is 2. The van der Waals surface area contributed by atoms with Gasteiger partial charge in [0.05, 0.1) is 17.1 Å². The minimum Gasteiger partial charge on any atom is -0.477 e. The Morgan fingerprint density at radius 2 is 1.93 bits per heavy atom. The number of amides is 2. The number of carboxylic acids is 1. The van der Waals surface area contributed by atoms with E-state index >= 15 is 4.39 Å². The molecule has 1 aliphatic heterocycles. The van der Waals surface area contributed by atoms with E-state index in [0.717, 1.165) is 6.04 Å². The van der Waals surface area contributed by atoms with Crippen molar-refractivity contribution >= 4 is 37.4 Å². The van der Waals surface area contributed by atoms with E-state index in [1.807, 2.05) is 0 Å². The Kier molecular flexibility index (Phi) is 10.8. The third kappa shape index (κ3) is 9.60. The van der Waals surface area contributed by atoms with E-state index in [1.165, 1.54) is 24.4 Å². The number of alkyl carbamates (subject to hydrolysis) is 1. The van der Waals surface area contributed by atoms with Crippen molar-refractivity contribution in [1.29, 1.82) is 0 Å². The van der Waals surface area contributed by atoms with Gasteiger partial charge in [-0.25, -0.2) is 23.9 Å². The molecule has 46 heavy (non-hydrogen) atoms. The van der Waals surface area contributed by atoms with Crippen LogP contribution in [0.1, 0.15) is 54.7 Å². The number of imidazole rings is 1. The normalized spacial score (nSPS) is 15.4. The van der Waals surface area contributed by atoms with E-state index in [0.29, 0.717) is 43.8 Å². The third-order valence-electron chi connectivity index (χ3n) is 7.17. The molecular weight excluding hydrogens is 611 g/mol. The second-order valence-corrected chi connectivity index (χ2v) is 19.1. The second kappa shape index (κ2) is 14.4. The van der Waals surface area contributed by atoms with Crippen LogP contribution in [-0.4, -0.2) is 77.0 Å². The summed E-state index contributed by atoms with van der Waals surface area (Å²) in [4.78, 5) is 47.9. The summed E-state index contributed by atoms with van der Waals surface area (Å²) in [6.45, 7) is 13.5. The van der Waals surface area contributed by atoms with Crippen LogP contribution < -0.4 is 15.5 Å². The van der Waals surface area contributed by atoms with Crippen LogP contribution in [0.15, 0.2) is 42.7 Å².